The van der Waals surface area contributed by atoms with Gasteiger partial charge in [-0.2, -0.15) is 0 Å². The summed E-state index contributed by atoms with van der Waals surface area (Å²) >= 11 is 1.40. The van der Waals surface area contributed by atoms with Crippen molar-refractivity contribution >= 4 is 28.8 Å². The fraction of sp³-hybridized carbons (Fsp3) is 0.348. The van der Waals surface area contributed by atoms with Crippen molar-refractivity contribution in [2.75, 3.05) is 19.0 Å². The molecule has 3 aromatic rings. The molecule has 0 aliphatic carbocycles. The fourth-order valence-corrected chi connectivity index (χ4v) is 4.27. The number of nitrogens with zero attached hydrogens (tertiary/aromatic N) is 1. The zero-order chi connectivity index (χ0) is 22.5. The van der Waals surface area contributed by atoms with Crippen LogP contribution >= 0.6 is 11.3 Å². The number of rotatable bonds is 8. The molecule has 1 atom stereocenters. The summed E-state index contributed by atoms with van der Waals surface area (Å²) in [7, 11) is 1.63. The minimum Gasteiger partial charge on any atom is -0.441 e. The molecule has 32 heavy (non-hydrogen) atoms. The zero-order valence-corrected chi connectivity index (χ0v) is 18.8. The molecule has 0 spiro atoms. The van der Waals surface area contributed by atoms with Gasteiger partial charge in [-0.25, -0.2) is 4.98 Å². The summed E-state index contributed by atoms with van der Waals surface area (Å²) in [4.78, 5) is 30.7. The molecule has 3 heterocycles. The smallest absolute Gasteiger partial charge is 0.265 e. The van der Waals surface area contributed by atoms with Crippen LogP contribution in [-0.2, 0) is 27.4 Å². The van der Waals surface area contributed by atoms with Gasteiger partial charge in [0.05, 0.1) is 18.0 Å². The van der Waals surface area contributed by atoms with E-state index in [1.165, 1.54) is 11.3 Å². The summed E-state index contributed by atoms with van der Waals surface area (Å²) in [6, 6.07) is 10.9. The summed E-state index contributed by atoms with van der Waals surface area (Å²) in [6.07, 6.45) is 1.28. The number of anilines is 1. The minimum atomic E-state index is -0.370. The molecule has 0 radical (unpaired) electrons. The molecule has 1 fully saturated rings. The zero-order valence-electron chi connectivity index (χ0n) is 18.0. The van der Waals surface area contributed by atoms with E-state index in [0.29, 0.717) is 41.1 Å². The van der Waals surface area contributed by atoms with Gasteiger partial charge >= 0.3 is 0 Å². The highest BCUT2D eigenvalue weighted by Gasteiger charge is 2.24. The molecule has 2 aromatic heterocycles. The van der Waals surface area contributed by atoms with E-state index >= 15 is 0 Å². The highest BCUT2D eigenvalue weighted by molar-refractivity contribution is 7.14. The van der Waals surface area contributed by atoms with Crippen molar-refractivity contribution in [2.24, 2.45) is 0 Å². The van der Waals surface area contributed by atoms with Crippen molar-refractivity contribution in [1.29, 1.82) is 0 Å². The maximum atomic E-state index is 12.4. The van der Waals surface area contributed by atoms with E-state index in [4.69, 9.17) is 13.9 Å². The van der Waals surface area contributed by atoms with Gasteiger partial charge in [-0.15, -0.1) is 11.3 Å². The molecular formula is C23H25N3O5S. The SMILES string of the molecule is COCc1ccc(C(=O)Nc2ccc(-c3nc(CNC(=O)[C@H]4CCCO4)c(C)o3)cc2)s1. The van der Waals surface area contributed by atoms with Crippen molar-refractivity contribution in [3.8, 4) is 11.5 Å². The highest BCUT2D eigenvalue weighted by atomic mass is 32.1. The second-order valence-electron chi connectivity index (χ2n) is 7.47. The van der Waals surface area contributed by atoms with Gasteiger partial charge < -0.3 is 24.5 Å². The summed E-state index contributed by atoms with van der Waals surface area (Å²) in [5.74, 6) is 0.826. The number of hydrogen-bond acceptors (Lipinski definition) is 7. The lowest BCUT2D eigenvalue weighted by Crippen LogP contribution is -2.33. The molecule has 168 valence electrons. The summed E-state index contributed by atoms with van der Waals surface area (Å²) < 4.78 is 16.3. The Morgan fingerprint density at radius 2 is 2.03 bits per heavy atom. The normalized spacial score (nSPS) is 15.6. The van der Waals surface area contributed by atoms with Crippen molar-refractivity contribution in [2.45, 2.75) is 39.0 Å². The Labute approximate surface area is 189 Å². The molecule has 1 aliphatic heterocycles. The summed E-state index contributed by atoms with van der Waals surface area (Å²) in [5.41, 5.74) is 2.13. The number of carbonyl (C=O) groups is 2. The van der Waals surface area contributed by atoms with Crippen LogP contribution in [0, 0.1) is 6.92 Å². The number of carbonyl (C=O) groups excluding carboxylic acids is 2. The first kappa shape index (κ1) is 22.2. The quantitative estimate of drug-likeness (QED) is 0.534. The Bertz CT molecular complexity index is 1080. The van der Waals surface area contributed by atoms with Crippen LogP contribution < -0.4 is 10.6 Å². The van der Waals surface area contributed by atoms with Gasteiger partial charge in [0.2, 0.25) is 11.8 Å². The Morgan fingerprint density at radius 1 is 1.22 bits per heavy atom. The molecule has 0 unspecified atom stereocenters. The topological polar surface area (TPSA) is 103 Å². The van der Waals surface area contributed by atoms with Gasteiger partial charge in [-0.05, 0) is 56.2 Å². The fourth-order valence-electron chi connectivity index (χ4n) is 3.39. The summed E-state index contributed by atoms with van der Waals surface area (Å²) in [5, 5.41) is 5.75. The van der Waals surface area contributed by atoms with Crippen LogP contribution in [0.5, 0.6) is 0 Å². The lowest BCUT2D eigenvalue weighted by atomic mass is 10.2. The maximum absolute atomic E-state index is 12.4. The number of nitrogens with one attached hydrogen (secondary N) is 2. The average Bonchev–Trinajstić information content (AvgIpc) is 3.54. The number of benzene rings is 1. The van der Waals surface area contributed by atoms with Crippen molar-refractivity contribution < 1.29 is 23.5 Å². The maximum Gasteiger partial charge on any atom is 0.265 e. The molecule has 0 saturated carbocycles. The molecule has 0 bridgehead atoms. The minimum absolute atomic E-state index is 0.119. The number of hydrogen-bond donors (Lipinski definition) is 2. The van der Waals surface area contributed by atoms with E-state index in [1.807, 2.05) is 25.1 Å². The van der Waals surface area contributed by atoms with Crippen LogP contribution in [-0.4, -0.2) is 36.6 Å². The molecule has 8 nitrogen and oxygen atoms in total. The monoisotopic (exact) mass is 455 g/mol. The third kappa shape index (κ3) is 5.24. The van der Waals surface area contributed by atoms with Crippen LogP contribution in [0.15, 0.2) is 40.8 Å². The van der Waals surface area contributed by atoms with Gasteiger partial charge in [0.25, 0.3) is 5.91 Å². The second kappa shape index (κ2) is 10.1. The van der Waals surface area contributed by atoms with Gasteiger partial charge in [0, 0.05) is 29.8 Å². The Kier molecular flexibility index (Phi) is 6.99. The first-order valence-corrected chi connectivity index (χ1v) is 11.2. The number of oxazole rings is 1. The first-order valence-electron chi connectivity index (χ1n) is 10.4. The Morgan fingerprint density at radius 3 is 2.75 bits per heavy atom. The molecule has 1 saturated heterocycles. The predicted molar refractivity (Wildman–Crippen MR) is 120 cm³/mol. The molecule has 1 aliphatic rings. The second-order valence-corrected chi connectivity index (χ2v) is 8.64. The van der Waals surface area contributed by atoms with Crippen molar-refractivity contribution in [3.05, 3.63) is 57.6 Å². The first-order chi connectivity index (χ1) is 15.5. The Hall–Kier alpha value is -3.01. The molecule has 1 aromatic carbocycles. The van der Waals surface area contributed by atoms with Crippen molar-refractivity contribution in [3.63, 3.8) is 0 Å². The number of amides is 2. The van der Waals surface area contributed by atoms with Crippen LogP contribution in [0.1, 0.15) is 38.8 Å². The summed E-state index contributed by atoms with van der Waals surface area (Å²) in [6.45, 7) is 3.22. The van der Waals surface area contributed by atoms with Crippen LogP contribution in [0.4, 0.5) is 5.69 Å². The van der Waals surface area contributed by atoms with E-state index < -0.39 is 0 Å². The van der Waals surface area contributed by atoms with Crippen LogP contribution in [0.2, 0.25) is 0 Å². The molecule has 9 heteroatoms. The van der Waals surface area contributed by atoms with E-state index in [9.17, 15) is 9.59 Å². The number of thiophene rings is 1. The van der Waals surface area contributed by atoms with Gasteiger partial charge in [0.1, 0.15) is 17.6 Å². The van der Waals surface area contributed by atoms with E-state index in [1.54, 1.807) is 25.3 Å². The molecular weight excluding hydrogens is 430 g/mol. The standard InChI is InChI=1S/C23H25N3O5S/c1-14-18(12-24-21(27)19-4-3-11-30-19)26-23(31-14)15-5-7-16(8-6-15)25-22(28)20-10-9-17(32-20)13-29-2/h5-10,19H,3-4,11-13H2,1-2H3,(H,24,27)(H,25,28)/t19-/m1/s1. The van der Waals surface area contributed by atoms with E-state index in [0.717, 1.165) is 23.3 Å². The average molecular weight is 456 g/mol. The highest BCUT2D eigenvalue weighted by Crippen LogP contribution is 2.24. The van der Waals surface area contributed by atoms with Gasteiger partial charge in [-0.3, -0.25) is 9.59 Å². The van der Waals surface area contributed by atoms with E-state index in [2.05, 4.69) is 15.6 Å². The lowest BCUT2D eigenvalue weighted by molar-refractivity contribution is -0.130. The largest absolute Gasteiger partial charge is 0.441 e. The third-order valence-electron chi connectivity index (χ3n) is 5.11. The molecule has 4 rings (SSSR count). The van der Waals surface area contributed by atoms with Crippen LogP contribution in [0.25, 0.3) is 11.5 Å². The third-order valence-corrected chi connectivity index (χ3v) is 6.16. The van der Waals surface area contributed by atoms with Crippen LogP contribution in [0.3, 0.4) is 0 Å². The van der Waals surface area contributed by atoms with Crippen molar-refractivity contribution in [1.82, 2.24) is 10.3 Å². The number of methoxy groups -OCH3 is 1. The number of aryl methyl sites for hydroxylation is 1. The predicted octanol–water partition coefficient (Wildman–Crippen LogP) is 3.91. The van der Waals surface area contributed by atoms with E-state index in [-0.39, 0.29) is 24.5 Å². The number of ether oxygens (including phenoxy) is 2. The number of aromatic nitrogens is 1. The lowest BCUT2D eigenvalue weighted by Gasteiger charge is -2.09. The van der Waals surface area contributed by atoms with Gasteiger partial charge in [-0.1, -0.05) is 0 Å². The molecule has 2 N–H and O–H groups in total. The Balaban J connectivity index is 1.36. The van der Waals surface area contributed by atoms with Gasteiger partial charge in [0.15, 0.2) is 0 Å². The molecule has 2 amide bonds.